The van der Waals surface area contributed by atoms with Crippen molar-refractivity contribution < 1.29 is 14.6 Å². The third-order valence-corrected chi connectivity index (χ3v) is 6.45. The van der Waals surface area contributed by atoms with Crippen LogP contribution in [0.25, 0.3) is 0 Å². The lowest BCUT2D eigenvalue weighted by Crippen LogP contribution is -2.69. The molecule has 2 amide bonds. The van der Waals surface area contributed by atoms with Crippen LogP contribution in [0.15, 0.2) is 30.3 Å². The highest BCUT2D eigenvalue weighted by Crippen LogP contribution is 2.60. The highest BCUT2D eigenvalue weighted by atomic mass is 16.5. The van der Waals surface area contributed by atoms with E-state index in [1.807, 2.05) is 30.3 Å². The van der Waals surface area contributed by atoms with E-state index < -0.39 is 0 Å². The molecule has 1 saturated heterocycles. The highest BCUT2D eigenvalue weighted by Gasteiger charge is 2.65. The first-order valence-corrected chi connectivity index (χ1v) is 9.56. The number of hydrogen-bond acceptors (Lipinski definition) is 3. The summed E-state index contributed by atoms with van der Waals surface area (Å²) in [6, 6.07) is 9.75. The first-order chi connectivity index (χ1) is 12.2. The molecule has 2 saturated carbocycles. The first-order valence-electron chi connectivity index (χ1n) is 9.56. The van der Waals surface area contributed by atoms with E-state index in [9.17, 15) is 9.90 Å². The van der Waals surface area contributed by atoms with Crippen LogP contribution < -0.4 is 10.6 Å². The molecule has 3 N–H and O–H groups in total. The second kappa shape index (κ2) is 6.96. The van der Waals surface area contributed by atoms with Crippen LogP contribution in [0.1, 0.15) is 37.7 Å². The SMILES string of the molecule is O=C(N[C@H](CO)Cc1ccccc1)N[C@@H]1[C@H]2CCO[C@H]2C12CCCC2. The molecule has 1 spiro atoms. The van der Waals surface area contributed by atoms with Gasteiger partial charge in [0, 0.05) is 24.0 Å². The average Bonchev–Trinajstić information content (AvgIpc) is 3.29. The summed E-state index contributed by atoms with van der Waals surface area (Å²) < 4.78 is 5.97. The maximum Gasteiger partial charge on any atom is 0.315 e. The summed E-state index contributed by atoms with van der Waals surface area (Å²) in [4.78, 5) is 12.6. The van der Waals surface area contributed by atoms with E-state index in [2.05, 4.69) is 10.6 Å². The molecule has 2 aliphatic carbocycles. The van der Waals surface area contributed by atoms with E-state index in [1.165, 1.54) is 12.8 Å². The summed E-state index contributed by atoms with van der Waals surface area (Å²) in [5, 5.41) is 15.8. The molecular weight excluding hydrogens is 316 g/mol. The summed E-state index contributed by atoms with van der Waals surface area (Å²) >= 11 is 0. The maximum absolute atomic E-state index is 12.6. The Morgan fingerprint density at radius 2 is 2.04 bits per heavy atom. The molecule has 3 fully saturated rings. The number of benzene rings is 1. The van der Waals surface area contributed by atoms with Gasteiger partial charge in [-0.15, -0.1) is 0 Å². The van der Waals surface area contributed by atoms with E-state index in [-0.39, 0.29) is 30.1 Å². The van der Waals surface area contributed by atoms with Crippen molar-refractivity contribution in [2.45, 2.75) is 56.7 Å². The fourth-order valence-electron chi connectivity index (χ4n) is 5.33. The number of ether oxygens (including phenoxy) is 1. The minimum absolute atomic E-state index is 0.0622. The second-order valence-corrected chi connectivity index (χ2v) is 7.85. The molecular formula is C20H28N2O3. The minimum Gasteiger partial charge on any atom is -0.394 e. The van der Waals surface area contributed by atoms with Gasteiger partial charge in [-0.1, -0.05) is 43.2 Å². The number of hydrogen-bond donors (Lipinski definition) is 3. The van der Waals surface area contributed by atoms with Crippen LogP contribution in [0.4, 0.5) is 4.79 Å². The molecule has 4 atom stereocenters. The number of carbonyl (C=O) groups excluding carboxylic acids is 1. The molecule has 1 heterocycles. The van der Waals surface area contributed by atoms with Crippen LogP contribution in [0.3, 0.4) is 0 Å². The Labute approximate surface area is 149 Å². The minimum atomic E-state index is -0.266. The van der Waals surface area contributed by atoms with Crippen molar-refractivity contribution in [3.63, 3.8) is 0 Å². The molecule has 25 heavy (non-hydrogen) atoms. The molecule has 136 valence electrons. The lowest BCUT2D eigenvalue weighted by Gasteiger charge is -2.56. The predicted molar refractivity (Wildman–Crippen MR) is 95.2 cm³/mol. The number of aliphatic hydroxyl groups is 1. The zero-order valence-corrected chi connectivity index (χ0v) is 14.6. The zero-order valence-electron chi connectivity index (χ0n) is 14.6. The van der Waals surface area contributed by atoms with Gasteiger partial charge in [-0.05, 0) is 31.2 Å². The van der Waals surface area contributed by atoms with E-state index in [1.54, 1.807) is 0 Å². The molecule has 3 aliphatic rings. The predicted octanol–water partition coefficient (Wildman–Crippen LogP) is 2.24. The smallest absolute Gasteiger partial charge is 0.315 e. The fraction of sp³-hybridized carbons (Fsp3) is 0.650. The van der Waals surface area contributed by atoms with Crippen LogP contribution in [-0.2, 0) is 11.2 Å². The molecule has 0 radical (unpaired) electrons. The van der Waals surface area contributed by atoms with Crippen LogP contribution in [0, 0.1) is 11.3 Å². The van der Waals surface area contributed by atoms with Crippen molar-refractivity contribution in [2.24, 2.45) is 11.3 Å². The Morgan fingerprint density at radius 3 is 2.76 bits per heavy atom. The topological polar surface area (TPSA) is 70.6 Å². The number of amides is 2. The molecule has 0 aromatic heterocycles. The monoisotopic (exact) mass is 344 g/mol. The van der Waals surface area contributed by atoms with Gasteiger partial charge in [0.15, 0.2) is 0 Å². The van der Waals surface area contributed by atoms with E-state index in [4.69, 9.17) is 4.74 Å². The van der Waals surface area contributed by atoms with E-state index >= 15 is 0 Å². The molecule has 5 heteroatoms. The van der Waals surface area contributed by atoms with Crippen molar-refractivity contribution in [1.29, 1.82) is 0 Å². The van der Waals surface area contributed by atoms with Gasteiger partial charge in [-0.25, -0.2) is 4.79 Å². The average molecular weight is 344 g/mol. The molecule has 1 aromatic rings. The number of aliphatic hydroxyl groups excluding tert-OH is 1. The Morgan fingerprint density at radius 1 is 1.28 bits per heavy atom. The zero-order chi connectivity index (χ0) is 17.3. The van der Waals surface area contributed by atoms with Crippen LogP contribution in [0.5, 0.6) is 0 Å². The summed E-state index contributed by atoms with van der Waals surface area (Å²) in [6.07, 6.45) is 6.82. The van der Waals surface area contributed by atoms with E-state index in [0.717, 1.165) is 31.4 Å². The van der Waals surface area contributed by atoms with E-state index in [0.29, 0.717) is 18.4 Å². The van der Waals surface area contributed by atoms with Crippen LogP contribution >= 0.6 is 0 Å². The van der Waals surface area contributed by atoms with Crippen molar-refractivity contribution in [1.82, 2.24) is 10.6 Å². The number of nitrogens with one attached hydrogen (secondary N) is 2. The summed E-state index contributed by atoms with van der Waals surface area (Å²) in [5.41, 5.74) is 1.27. The first kappa shape index (κ1) is 16.9. The largest absolute Gasteiger partial charge is 0.394 e. The molecule has 4 rings (SSSR count). The van der Waals surface area contributed by atoms with Gasteiger partial charge in [0.05, 0.1) is 18.8 Å². The van der Waals surface area contributed by atoms with Gasteiger partial charge in [0.25, 0.3) is 0 Å². The lowest BCUT2D eigenvalue weighted by molar-refractivity contribution is -0.126. The van der Waals surface area contributed by atoms with Gasteiger partial charge in [0.1, 0.15) is 0 Å². The third kappa shape index (κ3) is 3.04. The van der Waals surface area contributed by atoms with Crippen LogP contribution in [0.2, 0.25) is 0 Å². The highest BCUT2D eigenvalue weighted by molar-refractivity contribution is 5.75. The van der Waals surface area contributed by atoms with Gasteiger partial charge in [-0.2, -0.15) is 0 Å². The Bertz CT molecular complexity index is 600. The Kier molecular flexibility index (Phi) is 4.69. The number of rotatable bonds is 5. The van der Waals surface area contributed by atoms with Crippen molar-refractivity contribution in [3.8, 4) is 0 Å². The number of urea groups is 1. The van der Waals surface area contributed by atoms with Crippen molar-refractivity contribution in [2.75, 3.05) is 13.2 Å². The number of fused-ring (bicyclic) bond motifs is 2. The van der Waals surface area contributed by atoms with Gasteiger partial charge in [-0.3, -0.25) is 0 Å². The second-order valence-electron chi connectivity index (χ2n) is 7.85. The van der Waals surface area contributed by atoms with Gasteiger partial charge < -0.3 is 20.5 Å². The summed E-state index contributed by atoms with van der Waals surface area (Å²) in [7, 11) is 0. The summed E-state index contributed by atoms with van der Waals surface area (Å²) in [5.74, 6) is 0.463. The Balaban J connectivity index is 1.36. The molecule has 1 aliphatic heterocycles. The maximum atomic E-state index is 12.6. The van der Waals surface area contributed by atoms with Crippen LogP contribution in [-0.4, -0.2) is 42.5 Å². The van der Waals surface area contributed by atoms with Gasteiger partial charge >= 0.3 is 6.03 Å². The third-order valence-electron chi connectivity index (χ3n) is 6.45. The lowest BCUT2D eigenvalue weighted by atomic mass is 9.54. The number of carbonyl (C=O) groups is 1. The molecule has 0 bridgehead atoms. The van der Waals surface area contributed by atoms with Crippen molar-refractivity contribution >= 4 is 6.03 Å². The van der Waals surface area contributed by atoms with Gasteiger partial charge in [0.2, 0.25) is 0 Å². The quantitative estimate of drug-likeness (QED) is 0.767. The molecule has 1 aromatic carbocycles. The molecule has 0 unspecified atom stereocenters. The van der Waals surface area contributed by atoms with Crippen molar-refractivity contribution in [3.05, 3.63) is 35.9 Å². The Hall–Kier alpha value is -1.59. The molecule has 5 nitrogen and oxygen atoms in total. The normalized spacial score (nSPS) is 30.5. The standard InChI is InChI=1S/C20H28N2O3/c23-13-15(12-14-6-2-1-3-7-14)21-19(24)22-17-16-8-11-25-18(16)20(17)9-4-5-10-20/h1-3,6-7,15-18,23H,4-5,8-13H2,(H2,21,22,24)/t15-,16+,17+,18+/m0/s1. The summed E-state index contributed by atoms with van der Waals surface area (Å²) in [6.45, 7) is 0.761. The fourth-order valence-corrected chi connectivity index (χ4v) is 5.33.